The maximum Gasteiger partial charge on any atom is 0.352 e. The number of ether oxygens (including phenoxy) is 1. The fraction of sp³-hybridized carbons (Fsp3) is 0.364. The Morgan fingerprint density at radius 2 is 2.00 bits per heavy atom. The summed E-state index contributed by atoms with van der Waals surface area (Å²) in [6.07, 6.45) is 1.16. The quantitative estimate of drug-likeness (QED) is 0.771. The first-order chi connectivity index (χ1) is 8.21. The predicted molar refractivity (Wildman–Crippen MR) is 62.7 cm³/mol. The van der Waals surface area contributed by atoms with Gasteiger partial charge in [-0.05, 0) is 13.8 Å². The molecule has 0 aromatic carbocycles. The van der Waals surface area contributed by atoms with Crippen LogP contribution < -0.4 is 15.9 Å². The predicted octanol–water partition coefficient (Wildman–Crippen LogP) is -0.225. The number of primary amides is 1. The molecular formula is C11H14N2O5. The van der Waals surface area contributed by atoms with Gasteiger partial charge in [-0.25, -0.2) is 4.79 Å². The van der Waals surface area contributed by atoms with E-state index < -0.39 is 22.8 Å². The van der Waals surface area contributed by atoms with Crippen molar-refractivity contribution >= 4 is 11.9 Å². The number of carbonyl (C=O) groups is 2. The Labute approximate surface area is 103 Å². The van der Waals surface area contributed by atoms with Gasteiger partial charge in [0.2, 0.25) is 11.3 Å². The zero-order valence-electron chi connectivity index (χ0n) is 10.3. The highest BCUT2D eigenvalue weighted by Gasteiger charge is 2.31. The van der Waals surface area contributed by atoms with Crippen LogP contribution in [-0.2, 0) is 10.3 Å². The molecule has 0 radical (unpaired) electrons. The van der Waals surface area contributed by atoms with Crippen molar-refractivity contribution < 1.29 is 19.4 Å². The van der Waals surface area contributed by atoms with Gasteiger partial charge in [0, 0.05) is 6.07 Å². The Morgan fingerprint density at radius 3 is 2.39 bits per heavy atom. The van der Waals surface area contributed by atoms with Crippen LogP contribution >= 0.6 is 0 Å². The molecule has 0 spiro atoms. The number of amides is 1. The second kappa shape index (κ2) is 4.52. The lowest BCUT2D eigenvalue weighted by Gasteiger charge is -2.27. The molecule has 0 aliphatic heterocycles. The standard InChI is InChI=1S/C11H14N2O5/c1-11(2,10(12)17)13-5-8(18-3)7(14)4-6(13)9(15)16/h4-5H,1-3H3,(H2,12,17)(H,15,16). The summed E-state index contributed by atoms with van der Waals surface area (Å²) in [5.74, 6) is -2.12. The van der Waals surface area contributed by atoms with E-state index in [1.54, 1.807) is 0 Å². The zero-order chi connectivity index (χ0) is 14.1. The second-order valence-electron chi connectivity index (χ2n) is 4.19. The Bertz CT molecular complexity index is 559. The van der Waals surface area contributed by atoms with E-state index in [0.717, 1.165) is 16.8 Å². The molecule has 1 amide bonds. The first kappa shape index (κ1) is 13.8. The average Bonchev–Trinajstić information content (AvgIpc) is 2.27. The third-order valence-corrected chi connectivity index (χ3v) is 2.66. The average molecular weight is 254 g/mol. The lowest BCUT2D eigenvalue weighted by molar-refractivity contribution is -0.125. The highest BCUT2D eigenvalue weighted by molar-refractivity contribution is 5.88. The number of methoxy groups -OCH3 is 1. The molecule has 1 aromatic heterocycles. The molecule has 0 atom stereocenters. The maximum atomic E-state index is 11.5. The van der Waals surface area contributed by atoms with E-state index in [2.05, 4.69) is 0 Å². The van der Waals surface area contributed by atoms with Crippen LogP contribution in [0, 0.1) is 0 Å². The number of carboxylic acids is 1. The molecule has 0 fully saturated rings. The summed E-state index contributed by atoms with van der Waals surface area (Å²) in [4.78, 5) is 34.0. The molecule has 1 rings (SSSR count). The zero-order valence-corrected chi connectivity index (χ0v) is 10.3. The third kappa shape index (κ3) is 2.20. The number of pyridine rings is 1. The molecule has 0 bridgehead atoms. The number of nitrogens with two attached hydrogens (primary N) is 1. The summed E-state index contributed by atoms with van der Waals surface area (Å²) >= 11 is 0. The van der Waals surface area contributed by atoms with Crippen molar-refractivity contribution in [3.05, 3.63) is 28.2 Å². The van der Waals surface area contributed by atoms with Gasteiger partial charge in [0.1, 0.15) is 11.2 Å². The Kier molecular flexibility index (Phi) is 3.45. The van der Waals surface area contributed by atoms with Gasteiger partial charge in [0.15, 0.2) is 5.75 Å². The molecule has 0 aliphatic rings. The van der Waals surface area contributed by atoms with Crippen molar-refractivity contribution in [2.45, 2.75) is 19.4 Å². The number of hydrogen-bond donors (Lipinski definition) is 2. The fourth-order valence-electron chi connectivity index (χ4n) is 1.41. The van der Waals surface area contributed by atoms with Crippen LogP contribution in [0.4, 0.5) is 0 Å². The van der Waals surface area contributed by atoms with Crippen molar-refractivity contribution in [1.29, 1.82) is 0 Å². The highest BCUT2D eigenvalue weighted by Crippen LogP contribution is 2.19. The molecule has 3 N–H and O–H groups in total. The van der Waals surface area contributed by atoms with E-state index in [9.17, 15) is 14.4 Å². The van der Waals surface area contributed by atoms with Gasteiger partial charge in [-0.3, -0.25) is 9.59 Å². The molecule has 7 nitrogen and oxygen atoms in total. The van der Waals surface area contributed by atoms with E-state index >= 15 is 0 Å². The molecule has 0 saturated carbocycles. The third-order valence-electron chi connectivity index (χ3n) is 2.66. The number of rotatable bonds is 4. The summed E-state index contributed by atoms with van der Waals surface area (Å²) in [6.45, 7) is 2.90. The number of nitrogens with zero attached hydrogens (tertiary/aromatic N) is 1. The summed E-state index contributed by atoms with van der Waals surface area (Å²) in [7, 11) is 1.28. The monoisotopic (exact) mass is 254 g/mol. The van der Waals surface area contributed by atoms with E-state index in [1.807, 2.05) is 0 Å². The first-order valence-corrected chi connectivity index (χ1v) is 5.06. The minimum absolute atomic E-state index is 0.0608. The normalized spacial score (nSPS) is 11.1. The smallest absolute Gasteiger partial charge is 0.352 e. The van der Waals surface area contributed by atoms with E-state index in [1.165, 1.54) is 21.0 Å². The van der Waals surface area contributed by atoms with Gasteiger partial charge in [-0.2, -0.15) is 0 Å². The molecule has 7 heteroatoms. The minimum atomic E-state index is -1.33. The van der Waals surface area contributed by atoms with Crippen molar-refractivity contribution in [3.8, 4) is 5.75 Å². The van der Waals surface area contributed by atoms with Crippen molar-refractivity contribution in [2.75, 3.05) is 7.11 Å². The molecule has 1 aromatic rings. The Balaban J connectivity index is 3.64. The molecule has 0 unspecified atom stereocenters. The van der Waals surface area contributed by atoms with Gasteiger partial charge in [0.05, 0.1) is 13.3 Å². The SMILES string of the molecule is COc1cn(C(C)(C)C(N)=O)c(C(=O)O)cc1=O. The van der Waals surface area contributed by atoms with E-state index in [0.29, 0.717) is 0 Å². The van der Waals surface area contributed by atoms with Crippen LogP contribution in [0.2, 0.25) is 0 Å². The molecule has 1 heterocycles. The number of hydrogen-bond acceptors (Lipinski definition) is 4. The van der Waals surface area contributed by atoms with Crippen molar-refractivity contribution in [3.63, 3.8) is 0 Å². The van der Waals surface area contributed by atoms with Gasteiger partial charge in [-0.1, -0.05) is 0 Å². The summed E-state index contributed by atoms with van der Waals surface area (Å²) in [5.41, 5.74) is 3.03. The van der Waals surface area contributed by atoms with Crippen molar-refractivity contribution in [2.24, 2.45) is 5.73 Å². The van der Waals surface area contributed by atoms with Crippen LogP contribution in [0.5, 0.6) is 5.75 Å². The molecule has 98 valence electrons. The number of aromatic nitrogens is 1. The molecule has 0 aliphatic carbocycles. The Hall–Kier alpha value is -2.31. The number of carboxylic acid groups (broad SMARTS) is 1. The topological polar surface area (TPSA) is 112 Å². The number of carbonyl (C=O) groups excluding carboxylic acids is 1. The molecule has 18 heavy (non-hydrogen) atoms. The first-order valence-electron chi connectivity index (χ1n) is 5.06. The lowest BCUT2D eigenvalue weighted by Crippen LogP contribution is -2.43. The second-order valence-corrected chi connectivity index (χ2v) is 4.19. The van der Waals surface area contributed by atoms with E-state index in [-0.39, 0.29) is 11.4 Å². The summed E-state index contributed by atoms with van der Waals surface area (Å²) in [5, 5.41) is 9.05. The largest absolute Gasteiger partial charge is 0.491 e. The maximum absolute atomic E-state index is 11.5. The summed E-state index contributed by atoms with van der Waals surface area (Å²) in [6, 6.07) is 0.895. The highest BCUT2D eigenvalue weighted by atomic mass is 16.5. The lowest BCUT2D eigenvalue weighted by atomic mass is 10.0. The Morgan fingerprint density at radius 1 is 1.44 bits per heavy atom. The van der Waals surface area contributed by atoms with Gasteiger partial charge >= 0.3 is 5.97 Å². The number of aromatic carboxylic acids is 1. The molecule has 0 saturated heterocycles. The van der Waals surface area contributed by atoms with Crippen LogP contribution in [0.25, 0.3) is 0 Å². The van der Waals surface area contributed by atoms with Gasteiger partial charge < -0.3 is 20.1 Å². The minimum Gasteiger partial charge on any atom is -0.491 e. The van der Waals surface area contributed by atoms with Crippen molar-refractivity contribution in [1.82, 2.24) is 4.57 Å². The van der Waals surface area contributed by atoms with E-state index in [4.69, 9.17) is 15.6 Å². The van der Waals surface area contributed by atoms with Crippen LogP contribution in [0.15, 0.2) is 17.1 Å². The van der Waals surface area contributed by atoms with Gasteiger partial charge in [0.25, 0.3) is 0 Å². The van der Waals surface area contributed by atoms with Crippen LogP contribution in [-0.4, -0.2) is 28.7 Å². The van der Waals surface area contributed by atoms with Crippen LogP contribution in [0.1, 0.15) is 24.3 Å². The fourth-order valence-corrected chi connectivity index (χ4v) is 1.41. The molecular weight excluding hydrogens is 240 g/mol. The summed E-state index contributed by atoms with van der Waals surface area (Å²) < 4.78 is 5.93. The van der Waals surface area contributed by atoms with Crippen LogP contribution in [0.3, 0.4) is 0 Å². The van der Waals surface area contributed by atoms with Gasteiger partial charge in [-0.15, -0.1) is 0 Å².